The summed E-state index contributed by atoms with van der Waals surface area (Å²) in [7, 11) is 0. The van der Waals surface area contributed by atoms with Crippen LogP contribution >= 0.6 is 23.8 Å². The van der Waals surface area contributed by atoms with Crippen LogP contribution in [-0.2, 0) is 0 Å². The Kier molecular flexibility index (Phi) is 3.16. The third-order valence-electron chi connectivity index (χ3n) is 2.97. The minimum Gasteiger partial charge on any atom is -0.331 e. The number of rotatable bonds is 1. The van der Waals surface area contributed by atoms with Crippen molar-refractivity contribution in [3.8, 4) is 5.69 Å². The van der Waals surface area contributed by atoms with Gasteiger partial charge in [0.2, 0.25) is 0 Å². The number of nitrogens with zero attached hydrogens (tertiary/aromatic N) is 1. The Bertz CT molecular complexity index is 932. The maximum atomic E-state index is 13.2. The Hall–Kier alpha value is -1.98. The van der Waals surface area contributed by atoms with Gasteiger partial charge in [-0.05, 0) is 42.5 Å². The van der Waals surface area contributed by atoms with E-state index in [1.807, 2.05) is 6.07 Å². The Labute approximate surface area is 123 Å². The molecule has 1 N–H and O–H groups in total. The standard InChI is InChI=1S/C14H8ClFN2OS/c15-10-7-8(5-6-11(10)16)18-13(19)9-3-1-2-4-12(9)17-14(18)20/h1-7H,(H,17,20). The lowest BCUT2D eigenvalue weighted by Gasteiger charge is -2.08. The average Bonchev–Trinajstić information content (AvgIpc) is 2.43. The van der Waals surface area contributed by atoms with Crippen LogP contribution in [0.5, 0.6) is 0 Å². The van der Waals surface area contributed by atoms with Gasteiger partial charge >= 0.3 is 0 Å². The lowest BCUT2D eigenvalue weighted by Crippen LogP contribution is -2.20. The van der Waals surface area contributed by atoms with Gasteiger partial charge in [0.25, 0.3) is 5.56 Å². The second-order valence-electron chi connectivity index (χ2n) is 4.21. The molecule has 1 aromatic heterocycles. The summed E-state index contributed by atoms with van der Waals surface area (Å²) in [6.45, 7) is 0. The first kappa shape index (κ1) is 13.0. The highest BCUT2D eigenvalue weighted by molar-refractivity contribution is 7.71. The number of para-hydroxylation sites is 1. The van der Waals surface area contributed by atoms with E-state index in [0.717, 1.165) is 0 Å². The highest BCUT2D eigenvalue weighted by atomic mass is 35.5. The van der Waals surface area contributed by atoms with Crippen molar-refractivity contribution in [2.45, 2.75) is 0 Å². The molecule has 0 aliphatic heterocycles. The number of aromatic nitrogens is 2. The molecule has 3 aromatic rings. The molecule has 6 heteroatoms. The summed E-state index contributed by atoms with van der Waals surface area (Å²) >= 11 is 10.9. The number of fused-ring (bicyclic) bond motifs is 1. The summed E-state index contributed by atoms with van der Waals surface area (Å²) in [4.78, 5) is 15.5. The molecule has 0 fully saturated rings. The molecule has 1 heterocycles. The number of nitrogens with one attached hydrogen (secondary N) is 1. The van der Waals surface area contributed by atoms with Crippen LogP contribution in [0.2, 0.25) is 5.02 Å². The number of hydrogen-bond acceptors (Lipinski definition) is 2. The Morgan fingerprint density at radius 2 is 1.95 bits per heavy atom. The second kappa shape index (κ2) is 4.85. The van der Waals surface area contributed by atoms with Crippen LogP contribution in [0, 0.1) is 10.6 Å². The van der Waals surface area contributed by atoms with Crippen LogP contribution in [0.25, 0.3) is 16.6 Å². The van der Waals surface area contributed by atoms with Gasteiger partial charge in [-0.3, -0.25) is 9.36 Å². The van der Waals surface area contributed by atoms with Crippen LogP contribution in [-0.4, -0.2) is 9.55 Å². The number of H-pyrrole nitrogens is 1. The third-order valence-corrected chi connectivity index (χ3v) is 3.54. The van der Waals surface area contributed by atoms with Crippen LogP contribution in [0.3, 0.4) is 0 Å². The Balaban J connectivity index is 2.39. The SMILES string of the molecule is O=c1c2ccccc2[nH]c(=S)n1-c1ccc(F)c(Cl)c1. The molecule has 0 aliphatic rings. The van der Waals surface area contributed by atoms with Gasteiger partial charge in [0.1, 0.15) is 5.82 Å². The lowest BCUT2D eigenvalue weighted by atomic mass is 10.2. The molecule has 3 rings (SSSR count). The molecular formula is C14H8ClFN2OS. The van der Waals surface area contributed by atoms with E-state index in [1.165, 1.54) is 22.8 Å². The van der Waals surface area contributed by atoms with Crippen molar-refractivity contribution >= 4 is 34.7 Å². The van der Waals surface area contributed by atoms with Crippen molar-refractivity contribution in [1.29, 1.82) is 0 Å². The van der Waals surface area contributed by atoms with Crippen molar-refractivity contribution in [3.05, 3.63) is 68.4 Å². The first-order chi connectivity index (χ1) is 9.58. The van der Waals surface area contributed by atoms with Crippen molar-refractivity contribution in [3.63, 3.8) is 0 Å². The van der Waals surface area contributed by atoms with Gasteiger partial charge in [0.15, 0.2) is 4.77 Å². The van der Waals surface area contributed by atoms with E-state index in [-0.39, 0.29) is 15.4 Å². The van der Waals surface area contributed by atoms with Gasteiger partial charge < -0.3 is 4.98 Å². The van der Waals surface area contributed by atoms with Gasteiger partial charge in [-0.1, -0.05) is 23.7 Å². The number of benzene rings is 2. The number of aromatic amines is 1. The van der Waals surface area contributed by atoms with E-state index in [9.17, 15) is 9.18 Å². The summed E-state index contributed by atoms with van der Waals surface area (Å²) in [5, 5.41) is 0.443. The zero-order valence-electron chi connectivity index (χ0n) is 10.1. The second-order valence-corrected chi connectivity index (χ2v) is 5.01. The third kappa shape index (κ3) is 2.05. The fraction of sp³-hybridized carbons (Fsp3) is 0. The fourth-order valence-corrected chi connectivity index (χ4v) is 2.49. The largest absolute Gasteiger partial charge is 0.331 e. The zero-order valence-corrected chi connectivity index (χ0v) is 11.6. The van der Waals surface area contributed by atoms with Crippen LogP contribution in [0.4, 0.5) is 4.39 Å². The monoisotopic (exact) mass is 306 g/mol. The van der Waals surface area contributed by atoms with Crippen molar-refractivity contribution in [2.75, 3.05) is 0 Å². The summed E-state index contributed by atoms with van der Waals surface area (Å²) < 4.78 is 14.7. The molecular weight excluding hydrogens is 299 g/mol. The quantitative estimate of drug-likeness (QED) is 0.694. The normalized spacial score (nSPS) is 10.9. The fourth-order valence-electron chi connectivity index (χ4n) is 2.02. The summed E-state index contributed by atoms with van der Waals surface area (Å²) in [5.41, 5.74) is 0.812. The number of halogens is 2. The molecule has 3 nitrogen and oxygen atoms in total. The molecule has 0 aliphatic carbocycles. The molecule has 0 saturated carbocycles. The van der Waals surface area contributed by atoms with E-state index in [2.05, 4.69) is 4.98 Å². The molecule has 0 amide bonds. The Morgan fingerprint density at radius 1 is 1.20 bits per heavy atom. The van der Waals surface area contributed by atoms with Gasteiger partial charge in [-0.25, -0.2) is 4.39 Å². The summed E-state index contributed by atoms with van der Waals surface area (Å²) in [5.74, 6) is -0.542. The molecule has 0 unspecified atom stereocenters. The molecule has 100 valence electrons. The molecule has 0 spiro atoms. The van der Waals surface area contributed by atoms with Crippen molar-refractivity contribution in [2.24, 2.45) is 0 Å². The Morgan fingerprint density at radius 3 is 2.70 bits per heavy atom. The first-order valence-corrected chi connectivity index (χ1v) is 6.56. The van der Waals surface area contributed by atoms with Gasteiger partial charge in [0, 0.05) is 0 Å². The van der Waals surface area contributed by atoms with E-state index in [0.29, 0.717) is 16.6 Å². The first-order valence-electron chi connectivity index (χ1n) is 5.77. The van der Waals surface area contributed by atoms with E-state index >= 15 is 0 Å². The molecule has 0 radical (unpaired) electrons. The lowest BCUT2D eigenvalue weighted by molar-refractivity contribution is 0.627. The van der Waals surface area contributed by atoms with Gasteiger partial charge in [-0.2, -0.15) is 0 Å². The maximum absolute atomic E-state index is 13.2. The van der Waals surface area contributed by atoms with Crippen molar-refractivity contribution < 1.29 is 4.39 Å². The zero-order chi connectivity index (χ0) is 14.3. The minimum atomic E-state index is -0.542. The van der Waals surface area contributed by atoms with Crippen LogP contribution in [0.15, 0.2) is 47.3 Å². The number of hydrogen-bond donors (Lipinski definition) is 1. The van der Waals surface area contributed by atoms with E-state index in [4.69, 9.17) is 23.8 Å². The molecule has 0 bridgehead atoms. The topological polar surface area (TPSA) is 37.8 Å². The molecule has 0 atom stereocenters. The van der Waals surface area contributed by atoms with Crippen LogP contribution < -0.4 is 5.56 Å². The van der Waals surface area contributed by atoms with E-state index < -0.39 is 5.82 Å². The highest BCUT2D eigenvalue weighted by Crippen LogP contribution is 2.18. The molecule has 2 aromatic carbocycles. The average molecular weight is 307 g/mol. The smallest absolute Gasteiger partial charge is 0.266 e. The molecule has 0 saturated heterocycles. The van der Waals surface area contributed by atoms with Crippen molar-refractivity contribution in [1.82, 2.24) is 9.55 Å². The summed E-state index contributed by atoms with van der Waals surface area (Å²) in [6.07, 6.45) is 0. The minimum absolute atomic E-state index is 0.0584. The van der Waals surface area contributed by atoms with Crippen LogP contribution in [0.1, 0.15) is 0 Å². The predicted octanol–water partition coefficient (Wildman–Crippen LogP) is 3.84. The predicted molar refractivity (Wildman–Crippen MR) is 79.7 cm³/mol. The van der Waals surface area contributed by atoms with Gasteiger partial charge in [0.05, 0.1) is 21.6 Å². The van der Waals surface area contributed by atoms with E-state index in [1.54, 1.807) is 18.2 Å². The highest BCUT2D eigenvalue weighted by Gasteiger charge is 2.09. The maximum Gasteiger partial charge on any atom is 0.266 e. The molecule has 20 heavy (non-hydrogen) atoms. The summed E-state index contributed by atoms with van der Waals surface area (Å²) in [6, 6.07) is 11.1. The van der Waals surface area contributed by atoms with Gasteiger partial charge in [-0.15, -0.1) is 0 Å².